The SMILES string of the molecule is O=C1CC(C(=O)N(C/C=C/c2ccccc2)c2ccc3c(c2)OCCO3)c2ccc(F)cc2N1. The average molecular weight is 458 g/mol. The monoisotopic (exact) mass is 458 g/mol. The lowest BCUT2D eigenvalue weighted by molar-refractivity contribution is -0.124. The molecule has 6 nitrogen and oxygen atoms in total. The third kappa shape index (κ3) is 4.50. The van der Waals surface area contributed by atoms with Crippen molar-refractivity contribution in [3.05, 3.63) is 89.8 Å². The normalized spacial score (nSPS) is 16.6. The summed E-state index contributed by atoms with van der Waals surface area (Å²) in [6.07, 6.45) is 3.83. The van der Waals surface area contributed by atoms with E-state index in [4.69, 9.17) is 9.47 Å². The average Bonchev–Trinajstić information content (AvgIpc) is 2.86. The highest BCUT2D eigenvalue weighted by Gasteiger charge is 2.34. The number of amides is 2. The van der Waals surface area contributed by atoms with E-state index < -0.39 is 11.7 Å². The summed E-state index contributed by atoms with van der Waals surface area (Å²) in [5.41, 5.74) is 2.56. The van der Waals surface area contributed by atoms with Crippen LogP contribution in [0.5, 0.6) is 11.5 Å². The van der Waals surface area contributed by atoms with Gasteiger partial charge in [0.1, 0.15) is 19.0 Å². The van der Waals surface area contributed by atoms with Gasteiger partial charge in [0.05, 0.1) is 5.92 Å². The molecular formula is C27H23FN2O4. The van der Waals surface area contributed by atoms with E-state index in [1.54, 1.807) is 29.2 Å². The van der Waals surface area contributed by atoms with Crippen LogP contribution in [0.25, 0.3) is 6.08 Å². The number of nitrogens with one attached hydrogen (secondary N) is 1. The summed E-state index contributed by atoms with van der Waals surface area (Å²) >= 11 is 0. The van der Waals surface area contributed by atoms with Crippen LogP contribution in [0.4, 0.5) is 15.8 Å². The molecule has 5 rings (SSSR count). The zero-order valence-corrected chi connectivity index (χ0v) is 18.4. The lowest BCUT2D eigenvalue weighted by atomic mass is 9.89. The van der Waals surface area contributed by atoms with Gasteiger partial charge in [-0.05, 0) is 35.4 Å². The fourth-order valence-electron chi connectivity index (χ4n) is 4.23. The van der Waals surface area contributed by atoms with Gasteiger partial charge < -0.3 is 19.7 Å². The number of carbonyl (C=O) groups is 2. The Morgan fingerprint density at radius 1 is 1.03 bits per heavy atom. The first kappa shape index (κ1) is 21.7. The number of hydrogen-bond donors (Lipinski definition) is 1. The highest BCUT2D eigenvalue weighted by atomic mass is 19.1. The number of halogens is 1. The number of fused-ring (bicyclic) bond motifs is 2. The van der Waals surface area contributed by atoms with E-state index in [9.17, 15) is 14.0 Å². The van der Waals surface area contributed by atoms with Crippen LogP contribution in [0.2, 0.25) is 0 Å². The zero-order chi connectivity index (χ0) is 23.5. The molecule has 2 heterocycles. The Bertz CT molecular complexity index is 1260. The first-order valence-corrected chi connectivity index (χ1v) is 11.1. The lowest BCUT2D eigenvalue weighted by Gasteiger charge is -2.31. The quantitative estimate of drug-likeness (QED) is 0.598. The van der Waals surface area contributed by atoms with Gasteiger partial charge in [-0.1, -0.05) is 48.6 Å². The van der Waals surface area contributed by atoms with E-state index in [1.165, 1.54) is 12.1 Å². The molecule has 0 aromatic heterocycles. The molecule has 2 amide bonds. The maximum atomic E-state index is 13.8. The summed E-state index contributed by atoms with van der Waals surface area (Å²) in [5.74, 6) is -0.586. The number of benzene rings is 3. The first-order chi connectivity index (χ1) is 16.6. The summed E-state index contributed by atoms with van der Waals surface area (Å²) in [6.45, 7) is 1.18. The van der Waals surface area contributed by atoms with E-state index in [-0.39, 0.29) is 24.8 Å². The summed E-state index contributed by atoms with van der Waals surface area (Å²) in [6, 6.07) is 19.3. The number of rotatable bonds is 5. The minimum absolute atomic E-state index is 0.0130. The maximum absolute atomic E-state index is 13.8. The molecule has 3 aromatic carbocycles. The predicted octanol–water partition coefficient (Wildman–Crippen LogP) is 4.77. The first-order valence-electron chi connectivity index (χ1n) is 11.1. The van der Waals surface area contributed by atoms with Crippen molar-refractivity contribution in [2.24, 2.45) is 0 Å². The van der Waals surface area contributed by atoms with Crippen molar-refractivity contribution < 1.29 is 23.5 Å². The number of anilines is 2. The van der Waals surface area contributed by atoms with Crippen molar-refractivity contribution in [2.45, 2.75) is 12.3 Å². The molecule has 0 saturated heterocycles. The van der Waals surface area contributed by atoms with Crippen molar-refractivity contribution in [1.29, 1.82) is 0 Å². The molecule has 1 N–H and O–H groups in total. The highest BCUT2D eigenvalue weighted by Crippen LogP contribution is 2.38. The fraction of sp³-hybridized carbons (Fsp3) is 0.185. The van der Waals surface area contributed by atoms with Crippen molar-refractivity contribution in [1.82, 2.24) is 0 Å². The van der Waals surface area contributed by atoms with Crippen molar-refractivity contribution in [2.75, 3.05) is 30.0 Å². The Balaban J connectivity index is 1.49. The molecular weight excluding hydrogens is 435 g/mol. The highest BCUT2D eigenvalue weighted by molar-refractivity contribution is 6.06. The molecule has 0 fully saturated rings. The van der Waals surface area contributed by atoms with Gasteiger partial charge in [-0.2, -0.15) is 0 Å². The van der Waals surface area contributed by atoms with Crippen LogP contribution in [0.3, 0.4) is 0 Å². The summed E-state index contributed by atoms with van der Waals surface area (Å²) in [5, 5.41) is 2.67. The van der Waals surface area contributed by atoms with E-state index in [2.05, 4.69) is 5.32 Å². The molecule has 1 unspecified atom stereocenters. The van der Waals surface area contributed by atoms with Crippen LogP contribution >= 0.6 is 0 Å². The third-order valence-electron chi connectivity index (χ3n) is 5.85. The van der Waals surface area contributed by atoms with Crippen molar-refractivity contribution in [3.63, 3.8) is 0 Å². The summed E-state index contributed by atoms with van der Waals surface area (Å²) in [4.78, 5) is 27.8. The minimum atomic E-state index is -0.734. The van der Waals surface area contributed by atoms with Gasteiger partial charge in [-0.15, -0.1) is 0 Å². The van der Waals surface area contributed by atoms with Gasteiger partial charge >= 0.3 is 0 Å². The molecule has 34 heavy (non-hydrogen) atoms. The van der Waals surface area contributed by atoms with Gasteiger partial charge in [0.2, 0.25) is 11.8 Å². The van der Waals surface area contributed by atoms with Crippen LogP contribution in [0, 0.1) is 5.82 Å². The Morgan fingerprint density at radius 3 is 2.65 bits per heavy atom. The third-order valence-corrected chi connectivity index (χ3v) is 5.85. The summed E-state index contributed by atoms with van der Waals surface area (Å²) in [7, 11) is 0. The fourth-order valence-corrected chi connectivity index (χ4v) is 4.23. The molecule has 0 radical (unpaired) electrons. The van der Waals surface area contributed by atoms with Crippen LogP contribution in [-0.2, 0) is 9.59 Å². The van der Waals surface area contributed by atoms with E-state index in [0.717, 1.165) is 5.56 Å². The van der Waals surface area contributed by atoms with Crippen LogP contribution in [0.1, 0.15) is 23.5 Å². The van der Waals surface area contributed by atoms with Gasteiger partial charge in [-0.25, -0.2) is 4.39 Å². The molecule has 0 saturated carbocycles. The molecule has 0 bridgehead atoms. The minimum Gasteiger partial charge on any atom is -0.486 e. The number of ether oxygens (including phenoxy) is 2. The van der Waals surface area contributed by atoms with Crippen LogP contribution in [-0.4, -0.2) is 31.6 Å². The standard InChI is InChI=1S/C27H23FN2O4/c28-19-8-10-21-22(17-26(31)29-23(21)15-19)27(32)30(12-4-7-18-5-2-1-3-6-18)20-9-11-24-25(16-20)34-14-13-33-24/h1-11,15-16,22H,12-14,17H2,(H,29,31)/b7-4+. The van der Waals surface area contributed by atoms with Gasteiger partial charge in [-0.3, -0.25) is 9.59 Å². The number of carbonyl (C=O) groups excluding carboxylic acids is 2. The van der Waals surface area contributed by atoms with E-state index >= 15 is 0 Å². The second-order valence-corrected chi connectivity index (χ2v) is 8.13. The zero-order valence-electron chi connectivity index (χ0n) is 18.4. The smallest absolute Gasteiger partial charge is 0.235 e. The Labute approximate surface area is 196 Å². The van der Waals surface area contributed by atoms with Gasteiger partial charge in [0.15, 0.2) is 11.5 Å². The van der Waals surface area contributed by atoms with Gasteiger partial charge in [0.25, 0.3) is 0 Å². The van der Waals surface area contributed by atoms with E-state index in [0.29, 0.717) is 41.7 Å². The largest absolute Gasteiger partial charge is 0.486 e. The number of nitrogens with zero attached hydrogens (tertiary/aromatic N) is 1. The molecule has 0 aliphatic carbocycles. The maximum Gasteiger partial charge on any atom is 0.235 e. The van der Waals surface area contributed by atoms with Crippen molar-refractivity contribution in [3.8, 4) is 11.5 Å². The van der Waals surface area contributed by atoms with E-state index in [1.807, 2.05) is 42.5 Å². The molecule has 1 atom stereocenters. The Kier molecular flexibility index (Phi) is 5.99. The second-order valence-electron chi connectivity index (χ2n) is 8.13. The molecule has 172 valence electrons. The topological polar surface area (TPSA) is 67.9 Å². The molecule has 3 aromatic rings. The van der Waals surface area contributed by atoms with Crippen LogP contribution < -0.4 is 19.7 Å². The second kappa shape index (κ2) is 9.39. The predicted molar refractivity (Wildman–Crippen MR) is 128 cm³/mol. The van der Waals surface area contributed by atoms with Crippen molar-refractivity contribution >= 4 is 29.3 Å². The molecule has 2 aliphatic heterocycles. The Hall–Kier alpha value is -4.13. The van der Waals surface area contributed by atoms with Crippen LogP contribution in [0.15, 0.2) is 72.8 Å². The molecule has 0 spiro atoms. The van der Waals surface area contributed by atoms with Gasteiger partial charge in [0, 0.05) is 30.4 Å². The summed E-state index contributed by atoms with van der Waals surface area (Å²) < 4.78 is 25.1. The lowest BCUT2D eigenvalue weighted by Crippen LogP contribution is -2.39. The molecule has 7 heteroatoms. The molecule has 2 aliphatic rings. The number of hydrogen-bond acceptors (Lipinski definition) is 4. The Morgan fingerprint density at radius 2 is 1.82 bits per heavy atom.